The number of carbonyl (C=O) groups is 1. The van der Waals surface area contributed by atoms with Crippen molar-refractivity contribution < 1.29 is 14.6 Å². The van der Waals surface area contributed by atoms with Crippen molar-refractivity contribution in [2.75, 3.05) is 6.61 Å². The molecule has 4 heteroatoms. The quantitative estimate of drug-likeness (QED) is 0.926. The zero-order chi connectivity index (χ0) is 14.8. The predicted molar refractivity (Wildman–Crippen MR) is 79.5 cm³/mol. The zero-order valence-corrected chi connectivity index (χ0v) is 12.5. The average Bonchev–Trinajstić information content (AvgIpc) is 3.15. The molecule has 1 fully saturated rings. The summed E-state index contributed by atoms with van der Waals surface area (Å²) in [5.74, 6) is 0.218. The first-order chi connectivity index (χ1) is 10.2. The highest BCUT2D eigenvalue weighted by atomic mass is 16.5. The van der Waals surface area contributed by atoms with Crippen LogP contribution in [0.5, 0.6) is 0 Å². The summed E-state index contributed by atoms with van der Waals surface area (Å²) in [4.78, 5) is 13.9. The second-order valence-corrected chi connectivity index (χ2v) is 6.02. The Morgan fingerprint density at radius 3 is 2.95 bits per heavy atom. The first-order valence-corrected chi connectivity index (χ1v) is 7.88. The minimum atomic E-state index is -0.557. The zero-order valence-electron chi connectivity index (χ0n) is 12.5. The van der Waals surface area contributed by atoms with Crippen LogP contribution >= 0.6 is 0 Å². The lowest BCUT2D eigenvalue weighted by Gasteiger charge is -2.18. The SMILES string of the molecule is CCCC(=O)N1Cc2ccc(C(O)C3CCCO3)cc2C1. The molecule has 1 saturated heterocycles. The Hall–Kier alpha value is -1.39. The average molecular weight is 289 g/mol. The van der Waals surface area contributed by atoms with Gasteiger partial charge in [-0.2, -0.15) is 0 Å². The van der Waals surface area contributed by atoms with Crippen LogP contribution in [-0.2, 0) is 22.6 Å². The molecule has 1 aromatic carbocycles. The molecule has 2 aliphatic rings. The smallest absolute Gasteiger partial charge is 0.223 e. The third-order valence-corrected chi connectivity index (χ3v) is 4.43. The van der Waals surface area contributed by atoms with Gasteiger partial charge >= 0.3 is 0 Å². The molecular weight excluding hydrogens is 266 g/mol. The van der Waals surface area contributed by atoms with Gasteiger partial charge < -0.3 is 14.7 Å². The van der Waals surface area contributed by atoms with Gasteiger partial charge in [0.15, 0.2) is 0 Å². The van der Waals surface area contributed by atoms with E-state index in [1.54, 1.807) is 0 Å². The van der Waals surface area contributed by atoms with E-state index in [0.717, 1.165) is 37.0 Å². The lowest BCUT2D eigenvalue weighted by molar-refractivity contribution is -0.131. The molecule has 0 saturated carbocycles. The summed E-state index contributed by atoms with van der Waals surface area (Å²) in [6.07, 6.45) is 2.79. The van der Waals surface area contributed by atoms with E-state index in [2.05, 4.69) is 0 Å². The molecule has 21 heavy (non-hydrogen) atoms. The molecule has 2 atom stereocenters. The number of carbonyl (C=O) groups excluding carboxylic acids is 1. The molecule has 2 unspecified atom stereocenters. The van der Waals surface area contributed by atoms with Crippen molar-refractivity contribution in [3.63, 3.8) is 0 Å². The molecule has 0 bridgehead atoms. The van der Waals surface area contributed by atoms with Gasteiger partial charge in [-0.3, -0.25) is 4.79 Å². The number of aliphatic hydroxyl groups is 1. The number of rotatable bonds is 4. The van der Waals surface area contributed by atoms with Crippen LogP contribution in [0.3, 0.4) is 0 Å². The van der Waals surface area contributed by atoms with Crippen LogP contribution < -0.4 is 0 Å². The molecule has 3 rings (SSSR count). The van der Waals surface area contributed by atoms with E-state index < -0.39 is 6.10 Å². The molecule has 0 radical (unpaired) electrons. The normalized spacial score (nSPS) is 22.4. The fourth-order valence-electron chi connectivity index (χ4n) is 3.21. The maximum atomic E-state index is 12.0. The van der Waals surface area contributed by atoms with E-state index in [1.165, 1.54) is 5.56 Å². The minimum absolute atomic E-state index is 0.0812. The fourth-order valence-corrected chi connectivity index (χ4v) is 3.21. The number of aliphatic hydroxyl groups excluding tert-OH is 1. The lowest BCUT2D eigenvalue weighted by atomic mass is 9.98. The van der Waals surface area contributed by atoms with Gasteiger partial charge in [0.1, 0.15) is 6.10 Å². The minimum Gasteiger partial charge on any atom is -0.386 e. The summed E-state index contributed by atoms with van der Waals surface area (Å²) >= 11 is 0. The van der Waals surface area contributed by atoms with E-state index in [0.29, 0.717) is 19.5 Å². The summed E-state index contributed by atoms with van der Waals surface area (Å²) in [5.41, 5.74) is 3.27. The van der Waals surface area contributed by atoms with Gasteiger partial charge in [-0.25, -0.2) is 0 Å². The monoisotopic (exact) mass is 289 g/mol. The van der Waals surface area contributed by atoms with E-state index in [1.807, 2.05) is 30.0 Å². The number of nitrogens with zero attached hydrogens (tertiary/aromatic N) is 1. The lowest BCUT2D eigenvalue weighted by Crippen LogP contribution is -2.24. The third-order valence-electron chi connectivity index (χ3n) is 4.43. The number of benzene rings is 1. The van der Waals surface area contributed by atoms with Gasteiger partial charge in [-0.15, -0.1) is 0 Å². The molecule has 1 aromatic rings. The van der Waals surface area contributed by atoms with Crippen molar-refractivity contribution >= 4 is 5.91 Å². The Kier molecular flexibility index (Phi) is 4.27. The van der Waals surface area contributed by atoms with E-state index in [9.17, 15) is 9.90 Å². The van der Waals surface area contributed by atoms with Gasteiger partial charge in [0, 0.05) is 26.1 Å². The largest absolute Gasteiger partial charge is 0.386 e. The molecule has 4 nitrogen and oxygen atoms in total. The first-order valence-electron chi connectivity index (χ1n) is 7.88. The molecule has 0 aromatic heterocycles. The van der Waals surface area contributed by atoms with Gasteiger partial charge in [0.2, 0.25) is 5.91 Å². The summed E-state index contributed by atoms with van der Waals surface area (Å²) in [7, 11) is 0. The van der Waals surface area contributed by atoms with Crippen molar-refractivity contribution in [3.8, 4) is 0 Å². The topological polar surface area (TPSA) is 49.8 Å². The van der Waals surface area contributed by atoms with Crippen molar-refractivity contribution in [1.29, 1.82) is 0 Å². The Morgan fingerprint density at radius 2 is 2.24 bits per heavy atom. The van der Waals surface area contributed by atoms with Crippen LogP contribution in [0.15, 0.2) is 18.2 Å². The van der Waals surface area contributed by atoms with Crippen LogP contribution in [0.4, 0.5) is 0 Å². The summed E-state index contributed by atoms with van der Waals surface area (Å²) in [5, 5.41) is 10.4. The van der Waals surface area contributed by atoms with Crippen LogP contribution in [-0.4, -0.2) is 28.6 Å². The van der Waals surface area contributed by atoms with E-state index >= 15 is 0 Å². The Labute approximate surface area is 125 Å². The van der Waals surface area contributed by atoms with Crippen molar-refractivity contribution in [2.45, 2.75) is 57.9 Å². The number of ether oxygens (including phenoxy) is 1. The van der Waals surface area contributed by atoms with Crippen LogP contribution in [0.2, 0.25) is 0 Å². The van der Waals surface area contributed by atoms with Gasteiger partial charge in [0.25, 0.3) is 0 Å². The maximum absolute atomic E-state index is 12.0. The van der Waals surface area contributed by atoms with Gasteiger partial charge in [-0.1, -0.05) is 25.1 Å². The van der Waals surface area contributed by atoms with Crippen LogP contribution in [0.1, 0.15) is 55.4 Å². The summed E-state index contributed by atoms with van der Waals surface area (Å²) in [6.45, 7) is 4.13. The van der Waals surface area contributed by atoms with E-state index in [4.69, 9.17) is 4.74 Å². The molecule has 114 valence electrons. The van der Waals surface area contributed by atoms with Crippen LogP contribution in [0.25, 0.3) is 0 Å². The third kappa shape index (κ3) is 2.97. The number of hydrogen-bond donors (Lipinski definition) is 1. The Balaban J connectivity index is 1.72. The van der Waals surface area contributed by atoms with Crippen LogP contribution in [0, 0.1) is 0 Å². The second kappa shape index (κ2) is 6.16. The van der Waals surface area contributed by atoms with Crippen molar-refractivity contribution in [1.82, 2.24) is 4.90 Å². The molecular formula is C17H23NO3. The highest BCUT2D eigenvalue weighted by molar-refractivity contribution is 5.76. The second-order valence-electron chi connectivity index (χ2n) is 6.02. The first kappa shape index (κ1) is 14.5. The maximum Gasteiger partial charge on any atom is 0.223 e. The Bertz CT molecular complexity index is 523. The van der Waals surface area contributed by atoms with Gasteiger partial charge in [0.05, 0.1) is 6.10 Å². The predicted octanol–water partition coefficient (Wildman–Crippen LogP) is 2.54. The molecule has 0 aliphatic carbocycles. The molecule has 1 amide bonds. The van der Waals surface area contributed by atoms with Gasteiger partial charge in [-0.05, 0) is 36.0 Å². The number of amides is 1. The van der Waals surface area contributed by atoms with Crippen molar-refractivity contribution in [3.05, 3.63) is 34.9 Å². The summed E-state index contributed by atoms with van der Waals surface area (Å²) < 4.78 is 5.57. The molecule has 1 N–H and O–H groups in total. The number of fused-ring (bicyclic) bond motifs is 1. The summed E-state index contributed by atoms with van der Waals surface area (Å²) in [6, 6.07) is 6.06. The highest BCUT2D eigenvalue weighted by Crippen LogP contribution is 2.31. The fraction of sp³-hybridized carbons (Fsp3) is 0.588. The van der Waals surface area contributed by atoms with Crippen molar-refractivity contribution in [2.24, 2.45) is 0 Å². The molecule has 2 heterocycles. The molecule has 2 aliphatic heterocycles. The molecule has 0 spiro atoms. The van der Waals surface area contributed by atoms with E-state index in [-0.39, 0.29) is 12.0 Å². The highest BCUT2D eigenvalue weighted by Gasteiger charge is 2.28. The Morgan fingerprint density at radius 1 is 1.43 bits per heavy atom. The standard InChI is InChI=1S/C17H23NO3/c1-2-4-16(19)18-10-13-7-6-12(9-14(13)11-18)17(20)15-5-3-8-21-15/h6-7,9,15,17,20H,2-5,8,10-11H2,1H3. The number of hydrogen-bond acceptors (Lipinski definition) is 3.